The van der Waals surface area contributed by atoms with Crippen molar-refractivity contribution in [3.8, 4) is 5.75 Å². The van der Waals surface area contributed by atoms with Crippen LogP contribution in [-0.4, -0.2) is 21.7 Å². The Morgan fingerprint density at radius 3 is 3.00 bits per heavy atom. The maximum absolute atomic E-state index is 6.01. The van der Waals surface area contributed by atoms with Crippen LogP contribution in [0.2, 0.25) is 5.02 Å². The number of aromatic nitrogens is 3. The first-order valence-corrected chi connectivity index (χ1v) is 6.92. The summed E-state index contributed by atoms with van der Waals surface area (Å²) in [4.78, 5) is 4.38. The van der Waals surface area contributed by atoms with Crippen LogP contribution in [0.5, 0.6) is 5.75 Å². The molecule has 0 aliphatic rings. The molecular weight excluding hydrogens is 288 g/mol. The van der Waals surface area contributed by atoms with Gasteiger partial charge in [0, 0.05) is 42.3 Å². The van der Waals surface area contributed by atoms with Crippen molar-refractivity contribution in [2.75, 3.05) is 12.4 Å². The Kier molecular flexibility index (Phi) is 3.66. The maximum atomic E-state index is 6.01. The van der Waals surface area contributed by atoms with Crippen LogP contribution >= 0.6 is 11.6 Å². The standard InChI is InChI=1S/C15H15ClN4O/c1-10-5-15-18-8-11(9-20(15)19-10)7-17-12-3-4-13(16)14(6-12)21-2/h3-6,8-9,17H,7H2,1-2H3. The maximum Gasteiger partial charge on any atom is 0.155 e. The van der Waals surface area contributed by atoms with Crippen LogP contribution in [0, 0.1) is 6.92 Å². The number of halogens is 1. The topological polar surface area (TPSA) is 51.5 Å². The van der Waals surface area contributed by atoms with E-state index < -0.39 is 0 Å². The summed E-state index contributed by atoms with van der Waals surface area (Å²) in [6, 6.07) is 7.53. The first-order chi connectivity index (χ1) is 10.2. The third kappa shape index (κ3) is 2.92. The van der Waals surface area contributed by atoms with E-state index in [-0.39, 0.29) is 0 Å². The minimum atomic E-state index is 0.596. The lowest BCUT2D eigenvalue weighted by molar-refractivity contribution is 0.415. The van der Waals surface area contributed by atoms with E-state index in [9.17, 15) is 0 Å². The van der Waals surface area contributed by atoms with Gasteiger partial charge < -0.3 is 10.1 Å². The van der Waals surface area contributed by atoms with Gasteiger partial charge in [-0.25, -0.2) is 9.50 Å². The Balaban J connectivity index is 1.76. The lowest BCUT2D eigenvalue weighted by Gasteiger charge is -2.09. The number of fused-ring (bicyclic) bond motifs is 1. The minimum Gasteiger partial charge on any atom is -0.495 e. The lowest BCUT2D eigenvalue weighted by Crippen LogP contribution is -2.02. The Hall–Kier alpha value is -2.27. The molecule has 0 aliphatic carbocycles. The Labute approximate surface area is 127 Å². The summed E-state index contributed by atoms with van der Waals surface area (Å²) in [6.45, 7) is 2.60. The number of hydrogen-bond donors (Lipinski definition) is 1. The molecule has 0 bridgehead atoms. The average molecular weight is 303 g/mol. The molecule has 0 amide bonds. The third-order valence-corrected chi connectivity index (χ3v) is 3.45. The number of rotatable bonds is 4. The lowest BCUT2D eigenvalue weighted by atomic mass is 10.2. The molecule has 3 aromatic rings. The fraction of sp³-hybridized carbons (Fsp3) is 0.200. The molecule has 0 saturated heterocycles. The van der Waals surface area contributed by atoms with Crippen molar-refractivity contribution in [1.29, 1.82) is 0 Å². The number of nitrogens with one attached hydrogen (secondary N) is 1. The highest BCUT2D eigenvalue weighted by Crippen LogP contribution is 2.27. The van der Waals surface area contributed by atoms with E-state index >= 15 is 0 Å². The predicted molar refractivity (Wildman–Crippen MR) is 83.1 cm³/mol. The normalized spacial score (nSPS) is 10.8. The first kappa shape index (κ1) is 13.7. The highest BCUT2D eigenvalue weighted by atomic mass is 35.5. The minimum absolute atomic E-state index is 0.596. The summed E-state index contributed by atoms with van der Waals surface area (Å²) >= 11 is 6.01. The number of anilines is 1. The van der Waals surface area contributed by atoms with Crippen molar-refractivity contribution in [1.82, 2.24) is 14.6 Å². The molecule has 6 heteroatoms. The zero-order valence-electron chi connectivity index (χ0n) is 11.8. The Bertz CT molecular complexity index is 784. The summed E-state index contributed by atoms with van der Waals surface area (Å²) in [5.74, 6) is 0.651. The number of hydrogen-bond acceptors (Lipinski definition) is 4. The number of nitrogens with zero attached hydrogens (tertiary/aromatic N) is 3. The number of ether oxygens (including phenoxy) is 1. The predicted octanol–water partition coefficient (Wildman–Crippen LogP) is 3.31. The van der Waals surface area contributed by atoms with Crippen LogP contribution in [0.4, 0.5) is 5.69 Å². The summed E-state index contributed by atoms with van der Waals surface area (Å²) < 4.78 is 6.99. The zero-order valence-corrected chi connectivity index (χ0v) is 12.6. The van der Waals surface area contributed by atoms with Gasteiger partial charge in [-0.3, -0.25) is 0 Å². The van der Waals surface area contributed by atoms with E-state index in [0.717, 1.165) is 22.6 Å². The van der Waals surface area contributed by atoms with E-state index in [1.165, 1.54) is 0 Å². The van der Waals surface area contributed by atoms with E-state index in [4.69, 9.17) is 16.3 Å². The summed E-state index contributed by atoms with van der Waals surface area (Å²) in [7, 11) is 1.60. The van der Waals surface area contributed by atoms with Crippen molar-refractivity contribution < 1.29 is 4.74 Å². The van der Waals surface area contributed by atoms with Gasteiger partial charge in [0.25, 0.3) is 0 Å². The largest absolute Gasteiger partial charge is 0.495 e. The second-order valence-electron chi connectivity index (χ2n) is 4.75. The second-order valence-corrected chi connectivity index (χ2v) is 5.16. The molecule has 0 unspecified atom stereocenters. The van der Waals surface area contributed by atoms with Gasteiger partial charge in [0.1, 0.15) is 5.75 Å². The fourth-order valence-corrected chi connectivity index (χ4v) is 2.29. The van der Waals surface area contributed by atoms with Crippen molar-refractivity contribution >= 4 is 22.9 Å². The number of methoxy groups -OCH3 is 1. The molecule has 2 aromatic heterocycles. The van der Waals surface area contributed by atoms with Crippen molar-refractivity contribution in [3.63, 3.8) is 0 Å². The van der Waals surface area contributed by atoms with Gasteiger partial charge in [0.2, 0.25) is 0 Å². The van der Waals surface area contributed by atoms with Gasteiger partial charge in [0.15, 0.2) is 5.65 Å². The van der Waals surface area contributed by atoms with E-state index in [2.05, 4.69) is 15.4 Å². The van der Waals surface area contributed by atoms with E-state index in [1.54, 1.807) is 17.7 Å². The molecule has 0 fully saturated rings. The molecule has 5 nitrogen and oxygen atoms in total. The fourth-order valence-electron chi connectivity index (χ4n) is 2.10. The highest BCUT2D eigenvalue weighted by molar-refractivity contribution is 6.32. The van der Waals surface area contributed by atoms with Crippen LogP contribution < -0.4 is 10.1 Å². The summed E-state index contributed by atoms with van der Waals surface area (Å²) in [5, 5.41) is 8.27. The van der Waals surface area contributed by atoms with Crippen molar-refractivity contribution in [3.05, 3.63) is 52.9 Å². The molecule has 2 heterocycles. The van der Waals surface area contributed by atoms with Gasteiger partial charge >= 0.3 is 0 Å². The SMILES string of the molecule is COc1cc(NCc2cnc3cc(C)nn3c2)ccc1Cl. The van der Waals surface area contributed by atoms with E-state index in [0.29, 0.717) is 17.3 Å². The van der Waals surface area contributed by atoms with Crippen LogP contribution in [0.15, 0.2) is 36.7 Å². The zero-order chi connectivity index (χ0) is 14.8. The van der Waals surface area contributed by atoms with E-state index in [1.807, 2.05) is 37.5 Å². The molecule has 0 saturated carbocycles. The third-order valence-electron chi connectivity index (χ3n) is 3.14. The highest BCUT2D eigenvalue weighted by Gasteiger charge is 2.03. The summed E-state index contributed by atoms with van der Waals surface area (Å²) in [6.07, 6.45) is 3.81. The van der Waals surface area contributed by atoms with Crippen molar-refractivity contribution in [2.45, 2.75) is 13.5 Å². The van der Waals surface area contributed by atoms with Crippen LogP contribution in [-0.2, 0) is 6.54 Å². The van der Waals surface area contributed by atoms with Gasteiger partial charge in [-0.1, -0.05) is 11.6 Å². The summed E-state index contributed by atoms with van der Waals surface area (Å²) in [5.41, 5.74) is 3.78. The Morgan fingerprint density at radius 2 is 2.19 bits per heavy atom. The molecule has 1 N–H and O–H groups in total. The molecule has 0 radical (unpaired) electrons. The average Bonchev–Trinajstić information content (AvgIpc) is 2.85. The van der Waals surface area contributed by atoms with Gasteiger partial charge in [-0.15, -0.1) is 0 Å². The van der Waals surface area contributed by atoms with Crippen molar-refractivity contribution in [2.24, 2.45) is 0 Å². The molecular formula is C15H15ClN4O. The molecule has 3 rings (SSSR count). The quantitative estimate of drug-likeness (QED) is 0.803. The van der Waals surface area contributed by atoms with Crippen LogP contribution in [0.3, 0.4) is 0 Å². The smallest absolute Gasteiger partial charge is 0.155 e. The molecule has 108 valence electrons. The number of benzene rings is 1. The molecule has 0 aliphatic heterocycles. The first-order valence-electron chi connectivity index (χ1n) is 6.54. The molecule has 1 aromatic carbocycles. The van der Waals surface area contributed by atoms with Crippen LogP contribution in [0.1, 0.15) is 11.3 Å². The van der Waals surface area contributed by atoms with Gasteiger partial charge in [0.05, 0.1) is 17.8 Å². The monoisotopic (exact) mass is 302 g/mol. The molecule has 0 spiro atoms. The molecule has 0 atom stereocenters. The number of aryl methyl sites for hydroxylation is 1. The Morgan fingerprint density at radius 1 is 1.33 bits per heavy atom. The van der Waals surface area contributed by atoms with Gasteiger partial charge in [-0.05, 0) is 19.1 Å². The molecule has 21 heavy (non-hydrogen) atoms. The second kappa shape index (κ2) is 5.61. The van der Waals surface area contributed by atoms with Gasteiger partial charge in [-0.2, -0.15) is 5.10 Å². The van der Waals surface area contributed by atoms with Crippen LogP contribution in [0.25, 0.3) is 5.65 Å².